The third-order valence-electron chi connectivity index (χ3n) is 8.50. The standard InChI is InChI=1S/C31H42O/c1-21-13-15-23(3)28(17-21)30(25-9-5-6-10-25)19-27(32)20-31(26-11-7-8-12-26)29-18-22(2)14-16-24(29)4/h13-18,25-26,30-31H,5-12,19-20H2,1-4H3/t30-,31-/m0/s1. The Hall–Kier alpha value is -1.89. The molecule has 32 heavy (non-hydrogen) atoms. The van der Waals surface area contributed by atoms with Gasteiger partial charge in [0.25, 0.3) is 0 Å². The molecule has 0 spiro atoms. The highest BCUT2D eigenvalue weighted by Gasteiger charge is 2.33. The molecule has 0 aliphatic heterocycles. The molecule has 1 heteroatoms. The molecule has 4 rings (SSSR count). The molecule has 0 amide bonds. The molecule has 0 heterocycles. The molecule has 0 N–H and O–H groups in total. The van der Waals surface area contributed by atoms with Crippen LogP contribution in [-0.2, 0) is 4.79 Å². The molecule has 2 atom stereocenters. The number of hydrogen-bond donors (Lipinski definition) is 0. The van der Waals surface area contributed by atoms with Gasteiger partial charge in [-0.1, -0.05) is 73.2 Å². The predicted molar refractivity (Wildman–Crippen MR) is 135 cm³/mol. The molecular weight excluding hydrogens is 388 g/mol. The quantitative estimate of drug-likeness (QED) is 0.410. The number of ketones is 1. The maximum Gasteiger partial charge on any atom is 0.134 e. The molecule has 2 aliphatic carbocycles. The van der Waals surface area contributed by atoms with Crippen LogP contribution in [0.15, 0.2) is 36.4 Å². The SMILES string of the molecule is Cc1ccc(C)c([C@@H](CC(=O)C[C@H](c2cc(C)ccc2C)C2CCCC2)C2CCCC2)c1. The van der Waals surface area contributed by atoms with Crippen LogP contribution < -0.4 is 0 Å². The second kappa shape index (κ2) is 10.4. The lowest BCUT2D eigenvalue weighted by Gasteiger charge is -2.29. The summed E-state index contributed by atoms with van der Waals surface area (Å²) in [6.07, 6.45) is 11.9. The average Bonchev–Trinajstić information content (AvgIpc) is 3.48. The van der Waals surface area contributed by atoms with E-state index in [0.717, 1.165) is 12.8 Å². The van der Waals surface area contributed by atoms with Crippen LogP contribution in [0, 0.1) is 39.5 Å². The summed E-state index contributed by atoms with van der Waals surface area (Å²) >= 11 is 0. The molecule has 0 bridgehead atoms. The van der Waals surface area contributed by atoms with Gasteiger partial charge in [-0.15, -0.1) is 0 Å². The van der Waals surface area contributed by atoms with Crippen molar-refractivity contribution in [2.45, 2.75) is 104 Å². The molecule has 0 unspecified atom stereocenters. The molecule has 1 nitrogen and oxygen atoms in total. The van der Waals surface area contributed by atoms with E-state index in [1.165, 1.54) is 84.7 Å². The van der Waals surface area contributed by atoms with Crippen LogP contribution in [0.3, 0.4) is 0 Å². The van der Waals surface area contributed by atoms with Crippen molar-refractivity contribution in [1.29, 1.82) is 0 Å². The van der Waals surface area contributed by atoms with Crippen LogP contribution in [0.4, 0.5) is 0 Å². The predicted octanol–water partition coefficient (Wildman–Crippen LogP) is 8.52. The highest BCUT2D eigenvalue weighted by molar-refractivity contribution is 5.80. The Morgan fingerprint density at radius 3 is 1.44 bits per heavy atom. The van der Waals surface area contributed by atoms with Crippen LogP contribution in [0.25, 0.3) is 0 Å². The largest absolute Gasteiger partial charge is 0.300 e. The minimum absolute atomic E-state index is 0.396. The normalized spacial score (nSPS) is 19.4. The molecule has 0 saturated heterocycles. The van der Waals surface area contributed by atoms with Gasteiger partial charge in [-0.2, -0.15) is 0 Å². The van der Waals surface area contributed by atoms with Crippen molar-refractivity contribution in [3.8, 4) is 0 Å². The summed E-state index contributed by atoms with van der Waals surface area (Å²) in [5.74, 6) is 2.62. The molecule has 0 radical (unpaired) electrons. The zero-order valence-corrected chi connectivity index (χ0v) is 20.8. The van der Waals surface area contributed by atoms with E-state index >= 15 is 0 Å². The lowest BCUT2D eigenvalue weighted by Crippen LogP contribution is -2.20. The topological polar surface area (TPSA) is 17.1 Å². The Morgan fingerprint density at radius 2 is 1.06 bits per heavy atom. The summed E-state index contributed by atoms with van der Waals surface area (Å²) in [5, 5.41) is 0. The van der Waals surface area contributed by atoms with E-state index in [1.54, 1.807) is 0 Å². The van der Waals surface area contributed by atoms with Crippen molar-refractivity contribution >= 4 is 5.78 Å². The minimum atomic E-state index is 0.396. The minimum Gasteiger partial charge on any atom is -0.300 e. The van der Waals surface area contributed by atoms with Crippen molar-refractivity contribution in [1.82, 2.24) is 0 Å². The van der Waals surface area contributed by atoms with Crippen molar-refractivity contribution in [2.24, 2.45) is 11.8 Å². The lowest BCUT2D eigenvalue weighted by molar-refractivity contribution is -0.120. The van der Waals surface area contributed by atoms with Crippen LogP contribution in [0.2, 0.25) is 0 Å². The fourth-order valence-corrected chi connectivity index (χ4v) is 6.67. The van der Waals surface area contributed by atoms with Crippen molar-refractivity contribution < 1.29 is 4.79 Å². The first-order chi connectivity index (χ1) is 15.4. The van der Waals surface area contributed by atoms with Crippen LogP contribution in [-0.4, -0.2) is 5.78 Å². The van der Waals surface area contributed by atoms with E-state index in [9.17, 15) is 4.79 Å². The highest BCUT2D eigenvalue weighted by atomic mass is 16.1. The van der Waals surface area contributed by atoms with Crippen molar-refractivity contribution in [3.63, 3.8) is 0 Å². The number of benzene rings is 2. The average molecular weight is 431 g/mol. The number of hydrogen-bond acceptors (Lipinski definition) is 1. The summed E-state index contributed by atoms with van der Waals surface area (Å²) in [7, 11) is 0. The first-order valence-corrected chi connectivity index (χ1v) is 13.1. The van der Waals surface area contributed by atoms with Gasteiger partial charge in [-0.25, -0.2) is 0 Å². The van der Waals surface area contributed by atoms with Gasteiger partial charge >= 0.3 is 0 Å². The summed E-state index contributed by atoms with van der Waals surface area (Å²) in [4.78, 5) is 13.7. The van der Waals surface area contributed by atoms with E-state index in [4.69, 9.17) is 0 Å². The van der Waals surface area contributed by atoms with Crippen LogP contribution in [0.1, 0.15) is 109 Å². The first-order valence-electron chi connectivity index (χ1n) is 13.1. The number of Topliss-reactive ketones (excluding diaryl/α,β-unsaturated/α-hetero) is 1. The van der Waals surface area contributed by atoms with Gasteiger partial charge < -0.3 is 0 Å². The Bertz CT molecular complexity index is 852. The lowest BCUT2D eigenvalue weighted by atomic mass is 9.75. The van der Waals surface area contributed by atoms with Gasteiger partial charge in [0.1, 0.15) is 5.78 Å². The van der Waals surface area contributed by atoms with Gasteiger partial charge in [0.15, 0.2) is 0 Å². The second-order valence-electron chi connectivity index (χ2n) is 11.0. The maximum atomic E-state index is 13.7. The second-order valence-corrected chi connectivity index (χ2v) is 11.0. The van der Waals surface area contributed by atoms with Gasteiger partial charge in [0, 0.05) is 12.8 Å². The van der Waals surface area contributed by atoms with E-state index in [0.29, 0.717) is 29.5 Å². The van der Waals surface area contributed by atoms with Gasteiger partial charge in [0.2, 0.25) is 0 Å². The number of rotatable bonds is 8. The molecule has 172 valence electrons. The zero-order chi connectivity index (χ0) is 22.7. The highest BCUT2D eigenvalue weighted by Crippen LogP contribution is 2.44. The molecule has 0 aromatic heterocycles. The van der Waals surface area contributed by atoms with E-state index in [1.807, 2.05) is 0 Å². The zero-order valence-electron chi connectivity index (χ0n) is 20.8. The van der Waals surface area contributed by atoms with E-state index in [2.05, 4.69) is 64.1 Å². The molecular formula is C31H42O. The third-order valence-corrected chi connectivity index (χ3v) is 8.50. The van der Waals surface area contributed by atoms with Crippen molar-refractivity contribution in [2.75, 3.05) is 0 Å². The van der Waals surface area contributed by atoms with Gasteiger partial charge in [-0.3, -0.25) is 4.79 Å². The molecule has 2 aromatic rings. The van der Waals surface area contributed by atoms with E-state index < -0.39 is 0 Å². The summed E-state index contributed by atoms with van der Waals surface area (Å²) < 4.78 is 0. The number of aryl methyl sites for hydroxylation is 4. The fraction of sp³-hybridized carbons (Fsp3) is 0.581. The Kier molecular flexibility index (Phi) is 7.54. The summed E-state index contributed by atoms with van der Waals surface area (Å²) in [5.41, 5.74) is 8.24. The van der Waals surface area contributed by atoms with Crippen LogP contribution >= 0.6 is 0 Å². The number of carbonyl (C=O) groups excluding carboxylic acids is 1. The molecule has 2 fully saturated rings. The Morgan fingerprint density at radius 1 is 0.688 bits per heavy atom. The summed E-state index contributed by atoms with van der Waals surface area (Å²) in [6, 6.07) is 13.7. The number of carbonyl (C=O) groups is 1. The van der Waals surface area contributed by atoms with Crippen molar-refractivity contribution in [3.05, 3.63) is 69.8 Å². The smallest absolute Gasteiger partial charge is 0.134 e. The maximum absolute atomic E-state index is 13.7. The molecule has 2 saturated carbocycles. The van der Waals surface area contributed by atoms with Gasteiger partial charge in [-0.05, 0) is 99.3 Å². The molecule has 2 aromatic carbocycles. The fourth-order valence-electron chi connectivity index (χ4n) is 6.67. The first kappa shape index (κ1) is 23.3. The Balaban J connectivity index is 1.58. The Labute approximate surface area is 196 Å². The molecule has 2 aliphatic rings. The van der Waals surface area contributed by atoms with E-state index in [-0.39, 0.29) is 0 Å². The monoisotopic (exact) mass is 430 g/mol. The van der Waals surface area contributed by atoms with Crippen LogP contribution in [0.5, 0.6) is 0 Å². The third kappa shape index (κ3) is 5.36. The summed E-state index contributed by atoms with van der Waals surface area (Å²) in [6.45, 7) is 8.84. The van der Waals surface area contributed by atoms with Gasteiger partial charge in [0.05, 0.1) is 0 Å².